The summed E-state index contributed by atoms with van der Waals surface area (Å²) < 4.78 is 5.65. The summed E-state index contributed by atoms with van der Waals surface area (Å²) in [5, 5.41) is 16.8. The number of hydrazone groups is 1. The van der Waals surface area contributed by atoms with Crippen molar-refractivity contribution in [1.29, 1.82) is 0 Å². The van der Waals surface area contributed by atoms with Gasteiger partial charge in [0.05, 0.1) is 17.7 Å². The zero-order valence-corrected chi connectivity index (χ0v) is 13.5. The van der Waals surface area contributed by atoms with Crippen LogP contribution in [0.15, 0.2) is 59.8 Å². The first-order chi connectivity index (χ1) is 12.2. The van der Waals surface area contributed by atoms with Crippen LogP contribution in [-0.2, 0) is 0 Å². The fourth-order valence-corrected chi connectivity index (χ4v) is 2.42. The smallest absolute Gasteiger partial charge is 0.287 e. The number of hydrogen-bond donors (Lipinski definition) is 1. The van der Waals surface area contributed by atoms with Gasteiger partial charge in [-0.25, -0.2) is 4.98 Å². The molecular formula is C18H16N4O3. The summed E-state index contributed by atoms with van der Waals surface area (Å²) in [5.41, 5.74) is 3.63. The molecule has 7 heteroatoms. The van der Waals surface area contributed by atoms with Crippen molar-refractivity contribution >= 4 is 28.5 Å². The number of rotatable bonds is 6. The molecule has 1 aromatic heterocycles. The van der Waals surface area contributed by atoms with E-state index in [1.165, 1.54) is 18.3 Å². The maximum Gasteiger partial charge on any atom is 0.287 e. The molecule has 3 rings (SSSR count). The molecule has 0 spiro atoms. The maximum atomic E-state index is 10.6. The minimum atomic E-state index is -0.494. The zero-order valence-electron chi connectivity index (χ0n) is 13.5. The van der Waals surface area contributed by atoms with Crippen LogP contribution in [0.25, 0.3) is 10.8 Å². The lowest BCUT2D eigenvalue weighted by Gasteiger charge is -2.09. The van der Waals surface area contributed by atoms with Gasteiger partial charge in [-0.2, -0.15) is 5.10 Å². The Labute approximate surface area is 144 Å². The second kappa shape index (κ2) is 7.39. The quantitative estimate of drug-likeness (QED) is 0.417. The van der Waals surface area contributed by atoms with E-state index in [4.69, 9.17) is 4.74 Å². The van der Waals surface area contributed by atoms with Crippen molar-refractivity contribution in [1.82, 2.24) is 4.98 Å². The maximum absolute atomic E-state index is 10.6. The lowest BCUT2D eigenvalue weighted by Crippen LogP contribution is -1.96. The highest BCUT2D eigenvalue weighted by Gasteiger charge is 2.06. The number of pyridine rings is 1. The molecule has 0 radical (unpaired) electrons. The van der Waals surface area contributed by atoms with Gasteiger partial charge in [0.1, 0.15) is 17.8 Å². The molecule has 1 N–H and O–H groups in total. The van der Waals surface area contributed by atoms with Gasteiger partial charge in [0.2, 0.25) is 0 Å². The van der Waals surface area contributed by atoms with Gasteiger partial charge in [-0.05, 0) is 30.5 Å². The van der Waals surface area contributed by atoms with Gasteiger partial charge < -0.3 is 4.74 Å². The molecule has 0 aliphatic rings. The van der Waals surface area contributed by atoms with Gasteiger partial charge in [-0.3, -0.25) is 15.5 Å². The third kappa shape index (κ3) is 3.72. The van der Waals surface area contributed by atoms with Gasteiger partial charge in [0, 0.05) is 17.0 Å². The first-order valence-electron chi connectivity index (χ1n) is 7.73. The Hall–Kier alpha value is -3.48. The van der Waals surface area contributed by atoms with Crippen molar-refractivity contribution < 1.29 is 9.66 Å². The van der Waals surface area contributed by atoms with E-state index in [-0.39, 0.29) is 5.69 Å². The fourth-order valence-electron chi connectivity index (χ4n) is 2.42. The number of nitro groups is 1. The normalized spacial score (nSPS) is 10.9. The van der Waals surface area contributed by atoms with E-state index < -0.39 is 4.92 Å². The van der Waals surface area contributed by atoms with Crippen molar-refractivity contribution in [3.05, 3.63) is 70.4 Å². The van der Waals surface area contributed by atoms with E-state index >= 15 is 0 Å². The summed E-state index contributed by atoms with van der Waals surface area (Å²) in [6.07, 6.45) is 2.87. The number of nitrogens with zero attached hydrogens (tertiary/aromatic N) is 3. The van der Waals surface area contributed by atoms with Crippen molar-refractivity contribution in [2.24, 2.45) is 5.10 Å². The molecule has 0 fully saturated rings. The first kappa shape index (κ1) is 16.4. The van der Waals surface area contributed by atoms with Crippen molar-refractivity contribution in [2.75, 3.05) is 12.0 Å². The van der Waals surface area contributed by atoms with Gasteiger partial charge in [-0.1, -0.05) is 24.3 Å². The molecular weight excluding hydrogens is 320 g/mol. The number of anilines is 1. The van der Waals surface area contributed by atoms with Crippen LogP contribution in [0.1, 0.15) is 12.5 Å². The van der Waals surface area contributed by atoms with Gasteiger partial charge in [-0.15, -0.1) is 0 Å². The van der Waals surface area contributed by atoms with E-state index in [1.54, 1.807) is 6.21 Å². The lowest BCUT2D eigenvalue weighted by atomic mass is 10.0. The second-order valence-corrected chi connectivity index (χ2v) is 5.16. The summed E-state index contributed by atoms with van der Waals surface area (Å²) in [6, 6.07) is 14.7. The van der Waals surface area contributed by atoms with Gasteiger partial charge in [0.15, 0.2) is 0 Å². The number of benzene rings is 2. The minimum Gasteiger partial charge on any atom is -0.493 e. The molecule has 25 heavy (non-hydrogen) atoms. The van der Waals surface area contributed by atoms with E-state index in [0.29, 0.717) is 12.4 Å². The van der Waals surface area contributed by atoms with Crippen LogP contribution >= 0.6 is 0 Å². The Morgan fingerprint density at radius 2 is 2.00 bits per heavy atom. The number of fused-ring (bicyclic) bond motifs is 1. The Morgan fingerprint density at radius 1 is 1.20 bits per heavy atom. The summed E-state index contributed by atoms with van der Waals surface area (Å²) in [4.78, 5) is 14.1. The van der Waals surface area contributed by atoms with E-state index in [2.05, 4.69) is 15.5 Å². The molecule has 3 aromatic rings. The van der Waals surface area contributed by atoms with E-state index in [0.717, 1.165) is 22.1 Å². The largest absolute Gasteiger partial charge is 0.493 e. The van der Waals surface area contributed by atoms with Crippen LogP contribution < -0.4 is 10.2 Å². The second-order valence-electron chi connectivity index (χ2n) is 5.16. The summed E-state index contributed by atoms with van der Waals surface area (Å²) in [6.45, 7) is 2.55. The average Bonchev–Trinajstić information content (AvgIpc) is 2.64. The molecule has 7 nitrogen and oxygen atoms in total. The van der Waals surface area contributed by atoms with Crippen LogP contribution in [0.5, 0.6) is 5.75 Å². The van der Waals surface area contributed by atoms with Crippen molar-refractivity contribution in [3.63, 3.8) is 0 Å². The number of aromatic nitrogens is 1. The molecule has 0 aliphatic heterocycles. The highest BCUT2D eigenvalue weighted by molar-refractivity contribution is 6.02. The summed E-state index contributed by atoms with van der Waals surface area (Å²) >= 11 is 0. The highest BCUT2D eigenvalue weighted by Crippen LogP contribution is 2.27. The third-order valence-electron chi connectivity index (χ3n) is 3.56. The molecule has 0 unspecified atom stereocenters. The van der Waals surface area contributed by atoms with Gasteiger partial charge >= 0.3 is 0 Å². The van der Waals surface area contributed by atoms with Crippen molar-refractivity contribution in [2.45, 2.75) is 6.92 Å². The molecule has 0 amide bonds. The number of nitrogens with one attached hydrogen (secondary N) is 1. The Balaban J connectivity index is 1.81. The van der Waals surface area contributed by atoms with E-state index in [9.17, 15) is 10.1 Å². The molecule has 126 valence electrons. The molecule has 0 atom stereocenters. The standard InChI is InChI=1S/C18H16N4O3/c1-2-25-17-9-7-13(15-5-3-4-6-16(15)17)11-20-21-18-10-8-14(12-19-18)22(23)24/h3-12H,2H2,1H3,(H,19,21)/b20-11-. The molecule has 1 heterocycles. The fraction of sp³-hybridized carbons (Fsp3) is 0.111. The predicted molar refractivity (Wildman–Crippen MR) is 97.2 cm³/mol. The zero-order chi connectivity index (χ0) is 17.6. The molecule has 0 saturated carbocycles. The average molecular weight is 336 g/mol. The third-order valence-corrected chi connectivity index (χ3v) is 3.56. The highest BCUT2D eigenvalue weighted by atomic mass is 16.6. The molecule has 0 saturated heterocycles. The predicted octanol–water partition coefficient (Wildman–Crippen LogP) is 3.99. The first-order valence-corrected chi connectivity index (χ1v) is 7.73. The van der Waals surface area contributed by atoms with Crippen molar-refractivity contribution in [3.8, 4) is 5.75 Å². The summed E-state index contributed by atoms with van der Waals surface area (Å²) in [7, 11) is 0. The number of ether oxygens (including phenoxy) is 1. The molecule has 0 aliphatic carbocycles. The van der Waals surface area contributed by atoms with Crippen LogP contribution in [0.3, 0.4) is 0 Å². The van der Waals surface area contributed by atoms with Crippen LogP contribution in [0.4, 0.5) is 11.5 Å². The van der Waals surface area contributed by atoms with E-state index in [1.807, 2.05) is 43.3 Å². The number of hydrogen-bond acceptors (Lipinski definition) is 6. The SMILES string of the molecule is CCOc1ccc(/C=N\Nc2ccc([N+](=O)[O-])cn2)c2ccccc12. The van der Waals surface area contributed by atoms with Crippen LogP contribution in [0, 0.1) is 10.1 Å². The van der Waals surface area contributed by atoms with Crippen LogP contribution in [0.2, 0.25) is 0 Å². The van der Waals surface area contributed by atoms with Gasteiger partial charge in [0.25, 0.3) is 5.69 Å². The van der Waals surface area contributed by atoms with Crippen LogP contribution in [-0.4, -0.2) is 22.7 Å². The molecule has 2 aromatic carbocycles. The lowest BCUT2D eigenvalue weighted by molar-refractivity contribution is -0.385. The topological polar surface area (TPSA) is 89.6 Å². The Kier molecular flexibility index (Phi) is 4.84. The minimum absolute atomic E-state index is 0.0629. The Morgan fingerprint density at radius 3 is 2.68 bits per heavy atom. The summed E-state index contributed by atoms with van der Waals surface area (Å²) in [5.74, 6) is 1.26. The molecule has 0 bridgehead atoms. The monoisotopic (exact) mass is 336 g/mol. The Bertz CT molecular complexity index is 923.